The maximum absolute atomic E-state index is 8.48. The lowest BCUT2D eigenvalue weighted by Gasteiger charge is -2.38. The number of methoxy groups -OCH3 is 1. The van der Waals surface area contributed by atoms with E-state index in [2.05, 4.69) is 64.8 Å². The normalized spacial score (nSPS) is 12.4. The van der Waals surface area contributed by atoms with Crippen molar-refractivity contribution >= 4 is 8.07 Å². The fraction of sp³-hybridized carbons (Fsp3) is 0.706. The van der Waals surface area contributed by atoms with Crippen LogP contribution in [0.1, 0.15) is 48.0 Å². The summed E-state index contributed by atoms with van der Waals surface area (Å²) in [5.74, 6) is 8.47. The van der Waals surface area contributed by atoms with E-state index in [-0.39, 0.29) is 6.10 Å². The van der Waals surface area contributed by atoms with Gasteiger partial charge in [0, 0.05) is 19.5 Å². The Labute approximate surface area is 125 Å². The predicted octanol–water partition coefficient (Wildman–Crippen LogP) is 4.14. The van der Waals surface area contributed by atoms with Crippen molar-refractivity contribution in [2.24, 2.45) is 0 Å². The molecular weight excluding hydrogens is 262 g/mol. The maximum atomic E-state index is 8.48. The minimum absolute atomic E-state index is 0.264. The van der Waals surface area contributed by atoms with Gasteiger partial charge < -0.3 is 4.74 Å². The lowest BCUT2D eigenvalue weighted by molar-refractivity contribution is 0.153. The first kappa shape index (κ1) is 18.8. The fourth-order valence-corrected chi connectivity index (χ4v) is 8.31. The van der Waals surface area contributed by atoms with E-state index in [0.717, 1.165) is 0 Å². The molecule has 2 nitrogen and oxygen atoms in total. The largest absolute Gasteiger partial charge is 0.368 e. The summed E-state index contributed by atoms with van der Waals surface area (Å²) in [5.41, 5.74) is 5.51. The van der Waals surface area contributed by atoms with Crippen LogP contribution in [-0.4, -0.2) is 21.3 Å². The van der Waals surface area contributed by atoms with E-state index in [0.29, 0.717) is 23.0 Å². The SMILES string of the molecule is CO[C@@H](C#CC#N)CC#C[Si](C(C)C)(C(C)C)C(C)C. The monoisotopic (exact) mass is 289 g/mol. The third kappa shape index (κ3) is 4.72. The standard InChI is InChI=1S/C17H27NOSi/c1-14(2)20(15(3)4,16(5)6)13-9-11-17(19-7)10-8-12-18/h14-17H,11H2,1-7H3/t17-/m0/s1. The minimum atomic E-state index is -1.67. The summed E-state index contributed by atoms with van der Waals surface area (Å²) in [7, 11) is -0.0607. The van der Waals surface area contributed by atoms with Crippen LogP contribution in [-0.2, 0) is 4.74 Å². The van der Waals surface area contributed by atoms with E-state index in [1.807, 2.05) is 6.07 Å². The van der Waals surface area contributed by atoms with Gasteiger partial charge in [-0.2, -0.15) is 5.26 Å². The second kappa shape index (κ2) is 8.86. The molecule has 110 valence electrons. The van der Waals surface area contributed by atoms with Crippen LogP contribution in [0.2, 0.25) is 16.6 Å². The van der Waals surface area contributed by atoms with Gasteiger partial charge in [0.15, 0.2) is 6.07 Å². The highest BCUT2D eigenvalue weighted by Crippen LogP contribution is 2.40. The van der Waals surface area contributed by atoms with Crippen molar-refractivity contribution in [1.82, 2.24) is 0 Å². The summed E-state index contributed by atoms with van der Waals surface area (Å²) in [6.07, 6.45) is 0.312. The maximum Gasteiger partial charge on any atom is 0.152 e. The minimum Gasteiger partial charge on any atom is -0.368 e. The van der Waals surface area contributed by atoms with Crippen LogP contribution in [0.15, 0.2) is 0 Å². The third-order valence-electron chi connectivity index (χ3n) is 4.03. The first-order valence-electron chi connectivity index (χ1n) is 7.25. The molecule has 0 unspecified atom stereocenters. The molecule has 0 aromatic rings. The molecule has 0 bridgehead atoms. The second-order valence-electron chi connectivity index (χ2n) is 6.01. The van der Waals surface area contributed by atoms with Gasteiger partial charge in [0.2, 0.25) is 0 Å². The molecule has 3 heteroatoms. The summed E-state index contributed by atoms with van der Waals surface area (Å²) in [6.45, 7) is 13.8. The zero-order chi connectivity index (χ0) is 15.8. The van der Waals surface area contributed by atoms with Crippen LogP contribution >= 0.6 is 0 Å². The molecule has 0 aliphatic rings. The molecule has 0 radical (unpaired) electrons. The van der Waals surface area contributed by atoms with Crippen molar-refractivity contribution in [1.29, 1.82) is 5.26 Å². The van der Waals surface area contributed by atoms with Gasteiger partial charge in [0.25, 0.3) is 0 Å². The summed E-state index contributed by atoms with van der Waals surface area (Å²) in [4.78, 5) is 0. The molecular formula is C17H27NOSi. The highest BCUT2D eigenvalue weighted by molar-refractivity contribution is 6.90. The molecule has 0 aromatic heterocycles. The summed E-state index contributed by atoms with van der Waals surface area (Å²) < 4.78 is 5.24. The van der Waals surface area contributed by atoms with Gasteiger partial charge in [-0.25, -0.2) is 0 Å². The third-order valence-corrected chi connectivity index (χ3v) is 10.4. The molecule has 0 saturated carbocycles. The van der Waals surface area contributed by atoms with Crippen LogP contribution in [0.3, 0.4) is 0 Å². The van der Waals surface area contributed by atoms with E-state index in [9.17, 15) is 0 Å². The van der Waals surface area contributed by atoms with E-state index in [4.69, 9.17) is 10.00 Å². The van der Waals surface area contributed by atoms with Gasteiger partial charge in [-0.15, -0.1) is 11.5 Å². The molecule has 1 atom stereocenters. The number of nitriles is 1. The first-order valence-corrected chi connectivity index (χ1v) is 9.48. The zero-order valence-electron chi connectivity index (χ0n) is 13.9. The van der Waals surface area contributed by atoms with E-state index in [1.54, 1.807) is 7.11 Å². The van der Waals surface area contributed by atoms with Crippen LogP contribution < -0.4 is 0 Å². The fourth-order valence-electron chi connectivity index (χ4n) is 3.04. The van der Waals surface area contributed by atoms with Crippen molar-refractivity contribution in [2.75, 3.05) is 7.11 Å². The summed E-state index contributed by atoms with van der Waals surface area (Å²) in [5, 5.41) is 8.48. The summed E-state index contributed by atoms with van der Waals surface area (Å²) in [6, 6.07) is 1.81. The van der Waals surface area contributed by atoms with Gasteiger partial charge in [-0.05, 0) is 16.6 Å². The molecule has 0 saturated heterocycles. The quantitative estimate of drug-likeness (QED) is 0.563. The van der Waals surface area contributed by atoms with Crippen molar-refractivity contribution in [3.05, 3.63) is 0 Å². The molecule has 20 heavy (non-hydrogen) atoms. The second-order valence-corrected chi connectivity index (χ2v) is 11.6. The average molecular weight is 289 g/mol. The molecule has 0 aliphatic heterocycles. The average Bonchev–Trinajstić information content (AvgIpc) is 2.36. The highest BCUT2D eigenvalue weighted by atomic mass is 28.3. The van der Waals surface area contributed by atoms with E-state index in [1.165, 1.54) is 0 Å². The number of nitrogens with zero attached hydrogens (tertiary/aromatic N) is 1. The molecule has 0 rings (SSSR count). The van der Waals surface area contributed by atoms with Gasteiger partial charge in [-0.3, -0.25) is 0 Å². The highest BCUT2D eigenvalue weighted by Gasteiger charge is 2.41. The number of hydrogen-bond acceptors (Lipinski definition) is 2. The lowest BCUT2D eigenvalue weighted by Crippen LogP contribution is -2.43. The Morgan fingerprint density at radius 1 is 1.00 bits per heavy atom. The first-order chi connectivity index (χ1) is 9.32. The van der Waals surface area contributed by atoms with E-state index < -0.39 is 8.07 Å². The molecule has 0 N–H and O–H groups in total. The Bertz CT molecular complexity index is 430. The van der Waals surface area contributed by atoms with Gasteiger partial charge in [0.1, 0.15) is 14.2 Å². The Hall–Kier alpha value is -1.21. The van der Waals surface area contributed by atoms with Crippen LogP contribution in [0, 0.1) is 34.6 Å². The van der Waals surface area contributed by atoms with Crippen molar-refractivity contribution in [3.8, 4) is 29.4 Å². The Balaban J connectivity index is 5.22. The van der Waals surface area contributed by atoms with Gasteiger partial charge in [-0.1, -0.05) is 47.5 Å². The lowest BCUT2D eigenvalue weighted by atomic mass is 10.3. The smallest absolute Gasteiger partial charge is 0.152 e. The number of ether oxygens (including phenoxy) is 1. The Morgan fingerprint density at radius 3 is 1.85 bits per heavy atom. The zero-order valence-corrected chi connectivity index (χ0v) is 14.9. The van der Waals surface area contributed by atoms with Gasteiger partial charge in [0.05, 0.1) is 0 Å². The molecule has 0 aliphatic carbocycles. The number of hydrogen-bond donors (Lipinski definition) is 0. The van der Waals surface area contributed by atoms with Crippen molar-refractivity contribution in [3.63, 3.8) is 0 Å². The van der Waals surface area contributed by atoms with E-state index >= 15 is 0 Å². The topological polar surface area (TPSA) is 33.0 Å². The van der Waals surface area contributed by atoms with Crippen molar-refractivity contribution in [2.45, 2.75) is 70.7 Å². The predicted molar refractivity (Wildman–Crippen MR) is 87.6 cm³/mol. The summed E-state index contributed by atoms with van der Waals surface area (Å²) >= 11 is 0. The molecule has 0 amide bonds. The number of rotatable bonds is 5. The Morgan fingerprint density at radius 2 is 1.50 bits per heavy atom. The molecule has 0 heterocycles. The van der Waals surface area contributed by atoms with Crippen molar-refractivity contribution < 1.29 is 4.74 Å². The molecule has 0 aromatic carbocycles. The van der Waals surface area contributed by atoms with Crippen LogP contribution in [0.4, 0.5) is 0 Å². The van der Waals surface area contributed by atoms with Crippen LogP contribution in [0.5, 0.6) is 0 Å². The Kier molecular flexibility index (Phi) is 8.32. The van der Waals surface area contributed by atoms with Gasteiger partial charge >= 0.3 is 0 Å². The van der Waals surface area contributed by atoms with Crippen LogP contribution in [0.25, 0.3) is 0 Å². The molecule has 0 spiro atoms. The molecule has 0 fully saturated rings.